The van der Waals surface area contributed by atoms with Gasteiger partial charge in [-0.2, -0.15) is 5.26 Å². The van der Waals surface area contributed by atoms with Crippen molar-refractivity contribution in [2.24, 2.45) is 0 Å². The van der Waals surface area contributed by atoms with Crippen molar-refractivity contribution in [3.63, 3.8) is 0 Å². The molecule has 0 spiro atoms. The minimum absolute atomic E-state index is 0.214. The quantitative estimate of drug-likeness (QED) is 0.764. The Labute approximate surface area is 79.2 Å². The molecule has 13 heavy (non-hydrogen) atoms. The average Bonchev–Trinajstić information content (AvgIpc) is 2.09. The molecule has 1 aromatic carbocycles. The molecule has 2 heteroatoms. The van der Waals surface area contributed by atoms with Gasteiger partial charge in [0.25, 0.3) is 0 Å². The zero-order valence-corrected chi connectivity index (χ0v) is 8.04. The Morgan fingerprint density at radius 1 is 1.46 bits per heavy atom. The summed E-state index contributed by atoms with van der Waals surface area (Å²) in [5, 5.41) is 11.8. The van der Waals surface area contributed by atoms with Crippen LogP contribution in [0.5, 0.6) is 0 Å². The van der Waals surface area contributed by atoms with Crippen LogP contribution in [0, 0.1) is 18.3 Å². The van der Waals surface area contributed by atoms with Crippen LogP contribution >= 0.6 is 0 Å². The predicted octanol–water partition coefficient (Wildman–Crippen LogP) is 2.71. The van der Waals surface area contributed by atoms with Crippen LogP contribution in [0.3, 0.4) is 0 Å². The van der Waals surface area contributed by atoms with Crippen molar-refractivity contribution in [2.75, 3.05) is 5.32 Å². The number of rotatable bonds is 3. The van der Waals surface area contributed by atoms with E-state index in [0.717, 1.165) is 5.69 Å². The number of nitriles is 1. The molecule has 2 nitrogen and oxygen atoms in total. The second-order valence-electron chi connectivity index (χ2n) is 3.22. The van der Waals surface area contributed by atoms with Gasteiger partial charge in [0.15, 0.2) is 0 Å². The molecule has 0 aliphatic carbocycles. The summed E-state index contributed by atoms with van der Waals surface area (Å²) in [7, 11) is 0. The first kappa shape index (κ1) is 9.60. The summed E-state index contributed by atoms with van der Waals surface area (Å²) >= 11 is 0. The molecule has 0 aromatic heterocycles. The van der Waals surface area contributed by atoms with E-state index >= 15 is 0 Å². The maximum Gasteiger partial charge on any atom is 0.0643 e. The van der Waals surface area contributed by atoms with Gasteiger partial charge in [-0.15, -0.1) is 0 Å². The summed E-state index contributed by atoms with van der Waals surface area (Å²) in [6.45, 7) is 4.07. The van der Waals surface area contributed by atoms with Crippen molar-refractivity contribution in [1.82, 2.24) is 0 Å². The van der Waals surface area contributed by atoms with Crippen LogP contribution in [0.25, 0.3) is 0 Å². The van der Waals surface area contributed by atoms with Crippen LogP contribution < -0.4 is 5.32 Å². The maximum atomic E-state index is 8.49. The van der Waals surface area contributed by atoms with Crippen molar-refractivity contribution in [3.8, 4) is 6.07 Å². The molecule has 0 saturated carbocycles. The SMILES string of the molecule is Cc1ccccc1NC(C)CC#N. The molecule has 1 atom stereocenters. The molecular weight excluding hydrogens is 160 g/mol. The molecule has 0 aliphatic rings. The summed E-state index contributed by atoms with van der Waals surface area (Å²) in [5.74, 6) is 0. The van der Waals surface area contributed by atoms with Crippen molar-refractivity contribution in [2.45, 2.75) is 26.3 Å². The number of anilines is 1. The lowest BCUT2D eigenvalue weighted by atomic mass is 10.1. The molecule has 1 N–H and O–H groups in total. The van der Waals surface area contributed by atoms with Crippen molar-refractivity contribution in [1.29, 1.82) is 5.26 Å². The van der Waals surface area contributed by atoms with Gasteiger partial charge in [-0.1, -0.05) is 18.2 Å². The smallest absolute Gasteiger partial charge is 0.0643 e. The maximum absolute atomic E-state index is 8.49. The number of nitrogens with zero attached hydrogens (tertiary/aromatic N) is 1. The standard InChI is InChI=1S/C11H14N2/c1-9-5-3-4-6-11(9)13-10(2)7-8-12/h3-6,10,13H,7H2,1-2H3. The largest absolute Gasteiger partial charge is 0.381 e. The molecule has 0 heterocycles. The average molecular weight is 174 g/mol. The summed E-state index contributed by atoms with van der Waals surface area (Å²) in [5.41, 5.74) is 2.33. The lowest BCUT2D eigenvalue weighted by molar-refractivity contribution is 0.820. The molecule has 0 saturated heterocycles. The normalized spacial score (nSPS) is 11.8. The van der Waals surface area contributed by atoms with E-state index in [1.54, 1.807) is 0 Å². The van der Waals surface area contributed by atoms with E-state index in [1.165, 1.54) is 5.56 Å². The van der Waals surface area contributed by atoms with Gasteiger partial charge in [-0.3, -0.25) is 0 Å². The number of hydrogen-bond donors (Lipinski definition) is 1. The van der Waals surface area contributed by atoms with E-state index in [0.29, 0.717) is 6.42 Å². The molecule has 0 bridgehead atoms. The van der Waals surface area contributed by atoms with Gasteiger partial charge in [0.1, 0.15) is 0 Å². The van der Waals surface area contributed by atoms with Gasteiger partial charge in [0.05, 0.1) is 12.5 Å². The third-order valence-corrected chi connectivity index (χ3v) is 1.94. The van der Waals surface area contributed by atoms with Crippen LogP contribution in [0.2, 0.25) is 0 Å². The minimum atomic E-state index is 0.214. The second-order valence-corrected chi connectivity index (χ2v) is 3.22. The third kappa shape index (κ3) is 2.79. The van der Waals surface area contributed by atoms with Crippen LogP contribution in [-0.4, -0.2) is 6.04 Å². The Kier molecular flexibility index (Phi) is 3.33. The van der Waals surface area contributed by atoms with Gasteiger partial charge in [0.2, 0.25) is 0 Å². The first-order chi connectivity index (χ1) is 6.24. The zero-order valence-electron chi connectivity index (χ0n) is 8.04. The topological polar surface area (TPSA) is 35.8 Å². The molecule has 0 amide bonds. The molecular formula is C11H14N2. The number of nitrogens with one attached hydrogen (secondary N) is 1. The van der Waals surface area contributed by atoms with Gasteiger partial charge in [-0.25, -0.2) is 0 Å². The van der Waals surface area contributed by atoms with Gasteiger partial charge >= 0.3 is 0 Å². The fourth-order valence-corrected chi connectivity index (χ4v) is 1.19. The van der Waals surface area contributed by atoms with Crippen molar-refractivity contribution >= 4 is 5.69 Å². The number of aryl methyl sites for hydroxylation is 1. The highest BCUT2D eigenvalue weighted by Crippen LogP contribution is 2.14. The molecule has 1 rings (SSSR count). The Morgan fingerprint density at radius 2 is 2.15 bits per heavy atom. The zero-order chi connectivity index (χ0) is 9.68. The highest BCUT2D eigenvalue weighted by molar-refractivity contribution is 5.50. The van der Waals surface area contributed by atoms with Crippen LogP contribution in [0.1, 0.15) is 18.9 Å². The monoisotopic (exact) mass is 174 g/mol. The van der Waals surface area contributed by atoms with Gasteiger partial charge in [-0.05, 0) is 25.5 Å². The Morgan fingerprint density at radius 3 is 2.77 bits per heavy atom. The third-order valence-electron chi connectivity index (χ3n) is 1.94. The summed E-state index contributed by atoms with van der Waals surface area (Å²) in [4.78, 5) is 0. The lowest BCUT2D eigenvalue weighted by Gasteiger charge is -2.13. The van der Waals surface area contributed by atoms with E-state index in [9.17, 15) is 0 Å². The van der Waals surface area contributed by atoms with Crippen molar-refractivity contribution < 1.29 is 0 Å². The Hall–Kier alpha value is -1.49. The highest BCUT2D eigenvalue weighted by Gasteiger charge is 2.01. The fraction of sp³-hybridized carbons (Fsp3) is 0.364. The van der Waals surface area contributed by atoms with Crippen LogP contribution in [0.4, 0.5) is 5.69 Å². The fourth-order valence-electron chi connectivity index (χ4n) is 1.19. The summed E-state index contributed by atoms with van der Waals surface area (Å²) < 4.78 is 0. The van der Waals surface area contributed by atoms with E-state index in [1.807, 2.05) is 25.1 Å². The molecule has 1 unspecified atom stereocenters. The molecule has 0 fully saturated rings. The number of para-hydroxylation sites is 1. The highest BCUT2D eigenvalue weighted by atomic mass is 14.9. The molecule has 68 valence electrons. The molecule has 1 aromatic rings. The van der Waals surface area contributed by atoms with E-state index in [4.69, 9.17) is 5.26 Å². The number of hydrogen-bond acceptors (Lipinski definition) is 2. The molecule has 0 aliphatic heterocycles. The Bertz CT molecular complexity index is 312. The Balaban J connectivity index is 2.64. The van der Waals surface area contributed by atoms with Crippen molar-refractivity contribution in [3.05, 3.63) is 29.8 Å². The lowest BCUT2D eigenvalue weighted by Crippen LogP contribution is -2.14. The second kappa shape index (κ2) is 4.51. The molecule has 0 radical (unpaired) electrons. The van der Waals surface area contributed by atoms with Gasteiger partial charge in [0, 0.05) is 11.7 Å². The van der Waals surface area contributed by atoms with Crippen LogP contribution in [0.15, 0.2) is 24.3 Å². The van der Waals surface area contributed by atoms with E-state index in [-0.39, 0.29) is 6.04 Å². The van der Waals surface area contributed by atoms with E-state index < -0.39 is 0 Å². The summed E-state index contributed by atoms with van der Waals surface area (Å²) in [6, 6.07) is 10.5. The summed E-state index contributed by atoms with van der Waals surface area (Å²) in [6.07, 6.45) is 0.536. The minimum Gasteiger partial charge on any atom is -0.381 e. The first-order valence-corrected chi connectivity index (χ1v) is 4.43. The number of benzene rings is 1. The van der Waals surface area contributed by atoms with E-state index in [2.05, 4.69) is 24.4 Å². The van der Waals surface area contributed by atoms with Gasteiger partial charge < -0.3 is 5.32 Å². The predicted molar refractivity (Wildman–Crippen MR) is 54.5 cm³/mol. The first-order valence-electron chi connectivity index (χ1n) is 4.43. The van der Waals surface area contributed by atoms with Crippen LogP contribution in [-0.2, 0) is 0 Å².